The summed E-state index contributed by atoms with van der Waals surface area (Å²) in [7, 11) is 1.60. The van der Waals surface area contributed by atoms with Crippen LogP contribution in [0.1, 0.15) is 32.3 Å². The van der Waals surface area contributed by atoms with Gasteiger partial charge in [0.1, 0.15) is 18.1 Å². The molecule has 0 radical (unpaired) electrons. The molecule has 1 amide bonds. The van der Waals surface area contributed by atoms with Crippen LogP contribution in [-0.2, 0) is 17.9 Å². The third kappa shape index (κ3) is 5.63. The molecule has 0 saturated carbocycles. The predicted molar refractivity (Wildman–Crippen MR) is 151 cm³/mol. The summed E-state index contributed by atoms with van der Waals surface area (Å²) in [5, 5.41) is 3.37. The number of ether oxygens (including phenoxy) is 1. The Morgan fingerprint density at radius 1 is 0.974 bits per heavy atom. The van der Waals surface area contributed by atoms with Crippen molar-refractivity contribution in [2.24, 2.45) is 0 Å². The number of methoxy groups -OCH3 is 1. The zero-order chi connectivity index (χ0) is 26.6. The molecular formula is C31H34N4O3. The highest BCUT2D eigenvalue weighted by atomic mass is 16.5. The van der Waals surface area contributed by atoms with E-state index in [-0.39, 0.29) is 24.1 Å². The first-order valence-corrected chi connectivity index (χ1v) is 13.2. The lowest BCUT2D eigenvalue weighted by Gasteiger charge is -2.16. The van der Waals surface area contributed by atoms with Crippen molar-refractivity contribution in [1.82, 2.24) is 19.8 Å². The van der Waals surface area contributed by atoms with Gasteiger partial charge in [-0.3, -0.25) is 19.1 Å². The quantitative estimate of drug-likeness (QED) is 0.366. The maximum absolute atomic E-state index is 13.9. The summed E-state index contributed by atoms with van der Waals surface area (Å²) in [4.78, 5) is 34.0. The summed E-state index contributed by atoms with van der Waals surface area (Å²) in [6, 6.07) is 21.6. The Kier molecular flexibility index (Phi) is 7.56. The number of nitrogens with one attached hydrogen (secondary N) is 1. The molecule has 38 heavy (non-hydrogen) atoms. The lowest BCUT2D eigenvalue weighted by atomic mass is 10.0. The van der Waals surface area contributed by atoms with Crippen molar-refractivity contribution in [2.45, 2.75) is 45.8 Å². The highest BCUT2D eigenvalue weighted by Crippen LogP contribution is 2.27. The minimum absolute atomic E-state index is 0.0358. The van der Waals surface area contributed by atoms with Crippen LogP contribution >= 0.6 is 0 Å². The third-order valence-corrected chi connectivity index (χ3v) is 6.90. The van der Waals surface area contributed by atoms with Crippen LogP contribution in [0, 0.1) is 0 Å². The van der Waals surface area contributed by atoms with Crippen LogP contribution in [-0.4, -0.2) is 46.6 Å². The first kappa shape index (κ1) is 25.7. The van der Waals surface area contributed by atoms with Crippen LogP contribution < -0.4 is 15.6 Å². The maximum Gasteiger partial charge on any atom is 0.262 e. The summed E-state index contributed by atoms with van der Waals surface area (Å²) < 4.78 is 6.85. The van der Waals surface area contributed by atoms with E-state index in [1.54, 1.807) is 7.11 Å². The zero-order valence-electron chi connectivity index (χ0n) is 22.2. The molecule has 0 unspecified atom stereocenters. The van der Waals surface area contributed by atoms with Gasteiger partial charge in [0.25, 0.3) is 5.56 Å². The highest BCUT2D eigenvalue weighted by Gasteiger charge is 2.18. The largest absolute Gasteiger partial charge is 0.497 e. The number of amides is 1. The lowest BCUT2D eigenvalue weighted by Crippen LogP contribution is -2.37. The minimum atomic E-state index is -0.248. The Morgan fingerprint density at radius 3 is 2.47 bits per heavy atom. The van der Waals surface area contributed by atoms with Crippen molar-refractivity contribution >= 4 is 16.8 Å². The molecule has 5 rings (SSSR count). The van der Waals surface area contributed by atoms with Gasteiger partial charge in [-0.05, 0) is 86.8 Å². The second kappa shape index (κ2) is 11.2. The molecule has 1 saturated heterocycles. The SMILES string of the molecule is COc1cccc(-c2nc3ccc(-c4cccc(CN5CCCC5)c4)cc3c(=O)n2CC(=O)NC(C)C)c1. The van der Waals surface area contributed by atoms with Crippen LogP contribution in [0.15, 0.2) is 71.5 Å². The fraction of sp³-hybridized carbons (Fsp3) is 0.323. The average Bonchev–Trinajstić information content (AvgIpc) is 3.43. The first-order valence-electron chi connectivity index (χ1n) is 13.2. The summed E-state index contributed by atoms with van der Waals surface area (Å²) >= 11 is 0. The first-order chi connectivity index (χ1) is 18.4. The summed E-state index contributed by atoms with van der Waals surface area (Å²) in [5.74, 6) is 0.845. The monoisotopic (exact) mass is 510 g/mol. The standard InChI is InChI=1S/C31H34N4O3/c1-21(2)32-29(36)20-35-30(25-10-7-11-26(17-25)38-3)33-28-13-12-24(18-27(28)31(35)37)23-9-6-8-22(16-23)19-34-14-4-5-15-34/h6-13,16-18,21H,4-5,14-15,19-20H2,1-3H3,(H,32,36). The molecule has 0 spiro atoms. The van der Waals surface area contributed by atoms with Crippen molar-refractivity contribution in [2.75, 3.05) is 20.2 Å². The summed E-state index contributed by atoms with van der Waals surface area (Å²) in [5.41, 5.74) is 4.32. The molecule has 0 bridgehead atoms. The highest BCUT2D eigenvalue weighted by molar-refractivity contribution is 5.86. The zero-order valence-corrected chi connectivity index (χ0v) is 22.2. The topological polar surface area (TPSA) is 76.5 Å². The van der Waals surface area contributed by atoms with Gasteiger partial charge >= 0.3 is 0 Å². The van der Waals surface area contributed by atoms with Crippen molar-refractivity contribution in [3.8, 4) is 28.3 Å². The van der Waals surface area contributed by atoms with E-state index in [1.165, 1.54) is 23.0 Å². The summed E-state index contributed by atoms with van der Waals surface area (Å²) in [6.45, 7) is 6.89. The molecule has 0 aliphatic carbocycles. The predicted octanol–water partition coefficient (Wildman–Crippen LogP) is 4.86. The smallest absolute Gasteiger partial charge is 0.262 e. The van der Waals surface area contributed by atoms with E-state index in [2.05, 4.69) is 34.5 Å². The molecule has 0 atom stereocenters. The molecule has 3 aromatic carbocycles. The van der Waals surface area contributed by atoms with Crippen LogP contribution in [0.25, 0.3) is 33.4 Å². The van der Waals surface area contributed by atoms with Crippen LogP contribution in [0.5, 0.6) is 5.75 Å². The Labute approximate surface area is 223 Å². The fourth-order valence-corrected chi connectivity index (χ4v) is 5.09. The summed E-state index contributed by atoms with van der Waals surface area (Å²) in [6.07, 6.45) is 2.52. The molecule has 1 aliphatic rings. The van der Waals surface area contributed by atoms with Crippen LogP contribution in [0.4, 0.5) is 0 Å². The van der Waals surface area contributed by atoms with Gasteiger partial charge in [-0.15, -0.1) is 0 Å². The lowest BCUT2D eigenvalue weighted by molar-refractivity contribution is -0.122. The number of rotatable bonds is 8. The van der Waals surface area contributed by atoms with Gasteiger partial charge in [0.05, 0.1) is 18.0 Å². The number of carbonyl (C=O) groups is 1. The number of carbonyl (C=O) groups excluding carboxylic acids is 1. The fourth-order valence-electron chi connectivity index (χ4n) is 5.09. The molecule has 1 N–H and O–H groups in total. The van der Waals surface area contributed by atoms with Gasteiger partial charge in [0, 0.05) is 18.2 Å². The van der Waals surface area contributed by atoms with Gasteiger partial charge in [-0.25, -0.2) is 4.98 Å². The molecule has 2 heterocycles. The molecular weight excluding hydrogens is 476 g/mol. The van der Waals surface area contributed by atoms with Crippen molar-refractivity contribution in [3.05, 3.63) is 82.6 Å². The van der Waals surface area contributed by atoms with Crippen molar-refractivity contribution in [1.29, 1.82) is 0 Å². The number of likely N-dealkylation sites (tertiary alicyclic amines) is 1. The van der Waals surface area contributed by atoms with Crippen LogP contribution in [0.2, 0.25) is 0 Å². The Balaban J connectivity index is 1.58. The Morgan fingerprint density at radius 2 is 1.71 bits per heavy atom. The minimum Gasteiger partial charge on any atom is -0.497 e. The van der Waals surface area contributed by atoms with E-state index in [0.717, 1.165) is 30.8 Å². The molecule has 1 fully saturated rings. The van der Waals surface area contributed by atoms with E-state index in [4.69, 9.17) is 9.72 Å². The number of hydrogen-bond acceptors (Lipinski definition) is 5. The van der Waals surface area contributed by atoms with Gasteiger partial charge in [0.15, 0.2) is 0 Å². The average molecular weight is 511 g/mol. The molecule has 7 heteroatoms. The van der Waals surface area contributed by atoms with Crippen molar-refractivity contribution < 1.29 is 9.53 Å². The second-order valence-corrected chi connectivity index (χ2v) is 10.2. The van der Waals surface area contributed by atoms with E-state index < -0.39 is 0 Å². The van der Waals surface area contributed by atoms with Gasteiger partial charge in [0.2, 0.25) is 5.91 Å². The van der Waals surface area contributed by atoms with E-state index in [9.17, 15) is 9.59 Å². The third-order valence-electron chi connectivity index (χ3n) is 6.90. The number of nitrogens with zero attached hydrogens (tertiary/aromatic N) is 3. The van der Waals surface area contributed by atoms with Crippen LogP contribution in [0.3, 0.4) is 0 Å². The van der Waals surface area contributed by atoms with Gasteiger partial charge in [-0.1, -0.05) is 36.4 Å². The number of benzene rings is 3. The maximum atomic E-state index is 13.9. The Bertz CT molecular complexity index is 1520. The normalized spacial score (nSPS) is 13.8. The van der Waals surface area contributed by atoms with E-state index in [0.29, 0.717) is 28.0 Å². The molecule has 4 aromatic rings. The molecule has 1 aromatic heterocycles. The van der Waals surface area contributed by atoms with E-state index in [1.807, 2.05) is 56.3 Å². The second-order valence-electron chi connectivity index (χ2n) is 10.2. The molecule has 7 nitrogen and oxygen atoms in total. The van der Waals surface area contributed by atoms with E-state index >= 15 is 0 Å². The Hall–Kier alpha value is -3.97. The number of hydrogen-bond donors (Lipinski definition) is 1. The van der Waals surface area contributed by atoms with Gasteiger partial charge < -0.3 is 10.1 Å². The van der Waals surface area contributed by atoms with Gasteiger partial charge in [-0.2, -0.15) is 0 Å². The molecule has 196 valence electrons. The molecule has 1 aliphatic heterocycles. The van der Waals surface area contributed by atoms with Crippen molar-refractivity contribution in [3.63, 3.8) is 0 Å². The number of aromatic nitrogens is 2. The number of fused-ring (bicyclic) bond motifs is 1.